The molecule has 4 heteroatoms. The van der Waals surface area contributed by atoms with Crippen LogP contribution in [0, 0.1) is 0 Å². The van der Waals surface area contributed by atoms with Crippen LogP contribution in [0.25, 0.3) is 0 Å². The van der Waals surface area contributed by atoms with Gasteiger partial charge in [0.05, 0.1) is 0 Å². The monoisotopic (exact) mass is 342 g/mol. The van der Waals surface area contributed by atoms with Crippen LogP contribution in [0.1, 0.15) is 61.4 Å². The number of Topliss-reactive ketones (excluding diaryl/α,β-unsaturated/α-hetero) is 1. The first kappa shape index (κ1) is 18.1. The Labute approximate surface area is 151 Å². The predicted molar refractivity (Wildman–Crippen MR) is 99.8 cm³/mol. The van der Waals surface area contributed by atoms with Gasteiger partial charge in [0, 0.05) is 44.1 Å². The van der Waals surface area contributed by atoms with Crippen molar-refractivity contribution in [2.24, 2.45) is 0 Å². The minimum atomic E-state index is 0.0775. The van der Waals surface area contributed by atoms with Crippen molar-refractivity contribution in [1.29, 1.82) is 0 Å². The van der Waals surface area contributed by atoms with Crippen molar-refractivity contribution in [2.75, 3.05) is 26.2 Å². The van der Waals surface area contributed by atoms with E-state index >= 15 is 0 Å². The Bertz CT molecular complexity index is 596. The zero-order valence-electron chi connectivity index (χ0n) is 15.4. The number of benzene rings is 1. The molecule has 3 rings (SSSR count). The minimum absolute atomic E-state index is 0.0775. The third-order valence-electron chi connectivity index (χ3n) is 5.54. The SMILES string of the molecule is CCCc1ccc(C(=O)CCC(=O)N2CCCN3CCC[C@@H]3C2)cc1. The normalized spacial score (nSPS) is 21.0. The lowest BCUT2D eigenvalue weighted by Crippen LogP contribution is -2.39. The van der Waals surface area contributed by atoms with Gasteiger partial charge in [0.1, 0.15) is 0 Å². The van der Waals surface area contributed by atoms with Gasteiger partial charge in [-0.2, -0.15) is 0 Å². The topological polar surface area (TPSA) is 40.6 Å². The fourth-order valence-electron chi connectivity index (χ4n) is 4.10. The van der Waals surface area contributed by atoms with Gasteiger partial charge in [0.2, 0.25) is 5.91 Å². The molecule has 0 N–H and O–H groups in total. The number of hydrogen-bond acceptors (Lipinski definition) is 3. The third-order valence-corrected chi connectivity index (χ3v) is 5.54. The Morgan fingerprint density at radius 1 is 1.04 bits per heavy atom. The highest BCUT2D eigenvalue weighted by Gasteiger charge is 2.30. The summed E-state index contributed by atoms with van der Waals surface area (Å²) < 4.78 is 0. The van der Waals surface area contributed by atoms with E-state index in [1.54, 1.807) is 0 Å². The van der Waals surface area contributed by atoms with Crippen LogP contribution in [0.2, 0.25) is 0 Å². The number of rotatable bonds is 6. The predicted octanol–water partition coefficient (Wildman–Crippen LogP) is 3.30. The number of amides is 1. The molecule has 25 heavy (non-hydrogen) atoms. The second kappa shape index (κ2) is 8.61. The van der Waals surface area contributed by atoms with Gasteiger partial charge in [-0.25, -0.2) is 0 Å². The Morgan fingerprint density at radius 2 is 1.80 bits per heavy atom. The average Bonchev–Trinajstić information content (AvgIpc) is 2.97. The van der Waals surface area contributed by atoms with E-state index in [1.165, 1.54) is 24.9 Å². The molecular formula is C21H30N2O2. The summed E-state index contributed by atoms with van der Waals surface area (Å²) in [6.07, 6.45) is 6.30. The maximum Gasteiger partial charge on any atom is 0.223 e. The summed E-state index contributed by atoms with van der Waals surface area (Å²) in [5, 5.41) is 0. The third kappa shape index (κ3) is 4.69. The van der Waals surface area contributed by atoms with Crippen molar-refractivity contribution >= 4 is 11.7 Å². The molecule has 2 aliphatic heterocycles. The molecule has 1 amide bonds. The van der Waals surface area contributed by atoms with Gasteiger partial charge < -0.3 is 4.90 Å². The quantitative estimate of drug-likeness (QED) is 0.745. The lowest BCUT2D eigenvalue weighted by atomic mass is 10.0. The number of carbonyl (C=O) groups is 2. The van der Waals surface area contributed by atoms with Gasteiger partial charge in [-0.15, -0.1) is 0 Å². The summed E-state index contributed by atoms with van der Waals surface area (Å²) in [5.41, 5.74) is 1.99. The molecule has 0 aliphatic carbocycles. The minimum Gasteiger partial charge on any atom is -0.341 e. The summed E-state index contributed by atoms with van der Waals surface area (Å²) in [4.78, 5) is 29.5. The zero-order valence-corrected chi connectivity index (χ0v) is 15.4. The molecule has 2 fully saturated rings. The Morgan fingerprint density at radius 3 is 2.56 bits per heavy atom. The number of aryl methyl sites for hydroxylation is 1. The lowest BCUT2D eigenvalue weighted by molar-refractivity contribution is -0.131. The van der Waals surface area contributed by atoms with Gasteiger partial charge in [0.25, 0.3) is 0 Å². The smallest absolute Gasteiger partial charge is 0.223 e. The van der Waals surface area contributed by atoms with Crippen LogP contribution in [0.15, 0.2) is 24.3 Å². The van der Waals surface area contributed by atoms with Crippen molar-refractivity contribution in [3.63, 3.8) is 0 Å². The first-order valence-electron chi connectivity index (χ1n) is 9.81. The van der Waals surface area contributed by atoms with Crippen LogP contribution in [0.4, 0.5) is 0 Å². The fraction of sp³-hybridized carbons (Fsp3) is 0.619. The van der Waals surface area contributed by atoms with E-state index in [4.69, 9.17) is 0 Å². The first-order valence-corrected chi connectivity index (χ1v) is 9.81. The van der Waals surface area contributed by atoms with Crippen LogP contribution >= 0.6 is 0 Å². The van der Waals surface area contributed by atoms with Crippen LogP contribution < -0.4 is 0 Å². The number of nitrogens with zero attached hydrogens (tertiary/aromatic N) is 2. The molecule has 1 atom stereocenters. The standard InChI is InChI=1S/C21H30N2O2/c1-2-5-17-7-9-18(10-8-17)20(24)11-12-21(25)23-15-4-14-22-13-3-6-19(22)16-23/h7-10,19H,2-6,11-16H2,1H3/t19-/m1/s1. The highest BCUT2D eigenvalue weighted by molar-refractivity contribution is 5.98. The molecule has 4 nitrogen and oxygen atoms in total. The molecule has 2 heterocycles. The average molecular weight is 342 g/mol. The molecule has 0 radical (unpaired) electrons. The van der Waals surface area contributed by atoms with E-state index in [1.807, 2.05) is 29.2 Å². The molecule has 0 saturated carbocycles. The van der Waals surface area contributed by atoms with E-state index in [0.717, 1.165) is 44.5 Å². The van der Waals surface area contributed by atoms with Crippen molar-refractivity contribution in [2.45, 2.75) is 57.9 Å². The van der Waals surface area contributed by atoms with Gasteiger partial charge >= 0.3 is 0 Å². The van der Waals surface area contributed by atoms with E-state index in [9.17, 15) is 9.59 Å². The zero-order chi connectivity index (χ0) is 17.6. The highest BCUT2D eigenvalue weighted by Crippen LogP contribution is 2.22. The summed E-state index contributed by atoms with van der Waals surface area (Å²) >= 11 is 0. The van der Waals surface area contributed by atoms with Crippen molar-refractivity contribution in [3.05, 3.63) is 35.4 Å². The van der Waals surface area contributed by atoms with Crippen LogP contribution in [0.3, 0.4) is 0 Å². The molecule has 1 aromatic rings. The summed E-state index contributed by atoms with van der Waals surface area (Å²) in [7, 11) is 0. The summed E-state index contributed by atoms with van der Waals surface area (Å²) in [6, 6.07) is 8.40. The fourth-order valence-corrected chi connectivity index (χ4v) is 4.10. The van der Waals surface area contributed by atoms with Gasteiger partial charge in [-0.3, -0.25) is 14.5 Å². The number of fused-ring (bicyclic) bond motifs is 1. The van der Waals surface area contributed by atoms with Crippen LogP contribution in [-0.2, 0) is 11.2 Å². The Balaban J connectivity index is 1.50. The molecule has 136 valence electrons. The van der Waals surface area contributed by atoms with Crippen molar-refractivity contribution in [1.82, 2.24) is 9.80 Å². The molecule has 0 aromatic heterocycles. The highest BCUT2D eigenvalue weighted by atomic mass is 16.2. The van der Waals surface area contributed by atoms with E-state index in [2.05, 4.69) is 11.8 Å². The van der Waals surface area contributed by atoms with Crippen molar-refractivity contribution in [3.8, 4) is 0 Å². The largest absolute Gasteiger partial charge is 0.341 e. The molecule has 2 aliphatic rings. The second-order valence-corrected chi connectivity index (χ2v) is 7.40. The van der Waals surface area contributed by atoms with E-state index in [-0.39, 0.29) is 11.7 Å². The summed E-state index contributed by atoms with van der Waals surface area (Å²) in [6.45, 7) is 6.12. The number of carbonyl (C=O) groups excluding carboxylic acids is 2. The molecule has 1 aromatic carbocycles. The molecular weight excluding hydrogens is 312 g/mol. The van der Waals surface area contributed by atoms with Crippen molar-refractivity contribution < 1.29 is 9.59 Å². The maximum atomic E-state index is 12.6. The van der Waals surface area contributed by atoms with Crippen LogP contribution in [-0.4, -0.2) is 53.7 Å². The summed E-state index contributed by atoms with van der Waals surface area (Å²) in [5.74, 6) is 0.221. The molecule has 2 saturated heterocycles. The van der Waals surface area contributed by atoms with Crippen LogP contribution in [0.5, 0.6) is 0 Å². The van der Waals surface area contributed by atoms with Gasteiger partial charge in [0.15, 0.2) is 5.78 Å². The van der Waals surface area contributed by atoms with Gasteiger partial charge in [-0.05, 0) is 37.8 Å². The number of ketones is 1. The number of hydrogen-bond donors (Lipinski definition) is 0. The van der Waals surface area contributed by atoms with E-state index in [0.29, 0.717) is 18.9 Å². The molecule has 0 spiro atoms. The lowest BCUT2D eigenvalue weighted by Gasteiger charge is -2.25. The molecule has 0 bridgehead atoms. The Kier molecular flexibility index (Phi) is 6.24. The first-order chi connectivity index (χ1) is 12.2. The van der Waals surface area contributed by atoms with Gasteiger partial charge in [-0.1, -0.05) is 37.6 Å². The second-order valence-electron chi connectivity index (χ2n) is 7.40. The maximum absolute atomic E-state index is 12.6. The molecule has 0 unspecified atom stereocenters. The Hall–Kier alpha value is -1.68. The van der Waals surface area contributed by atoms with E-state index < -0.39 is 0 Å².